The van der Waals surface area contributed by atoms with Gasteiger partial charge >= 0.3 is 0 Å². The highest BCUT2D eigenvalue weighted by Crippen LogP contribution is 2.30. The molecule has 4 nitrogen and oxygen atoms in total. The SMILES string of the molecule is COc1ccc(-c2[nH]nc(N)c2I)c(C)c1. The summed E-state index contributed by atoms with van der Waals surface area (Å²) in [6.07, 6.45) is 0. The third-order valence-electron chi connectivity index (χ3n) is 2.44. The van der Waals surface area contributed by atoms with E-state index in [0.717, 1.165) is 26.1 Å². The van der Waals surface area contributed by atoms with Gasteiger partial charge in [-0.1, -0.05) is 0 Å². The number of nitrogens with one attached hydrogen (secondary N) is 1. The maximum atomic E-state index is 5.71. The minimum absolute atomic E-state index is 0.533. The summed E-state index contributed by atoms with van der Waals surface area (Å²) in [6, 6.07) is 5.92. The number of hydrogen-bond donors (Lipinski definition) is 2. The van der Waals surface area contributed by atoms with Gasteiger partial charge in [0.1, 0.15) is 5.75 Å². The van der Waals surface area contributed by atoms with Gasteiger partial charge in [0.05, 0.1) is 16.4 Å². The molecule has 5 heteroatoms. The van der Waals surface area contributed by atoms with Crippen molar-refractivity contribution in [2.75, 3.05) is 12.8 Å². The van der Waals surface area contributed by atoms with Crippen LogP contribution in [0.2, 0.25) is 0 Å². The van der Waals surface area contributed by atoms with Crippen molar-refractivity contribution in [3.8, 4) is 17.0 Å². The highest BCUT2D eigenvalue weighted by molar-refractivity contribution is 14.1. The maximum Gasteiger partial charge on any atom is 0.159 e. The van der Waals surface area contributed by atoms with Crippen molar-refractivity contribution in [3.63, 3.8) is 0 Å². The zero-order valence-corrected chi connectivity index (χ0v) is 11.2. The molecule has 0 spiro atoms. The minimum atomic E-state index is 0.533. The van der Waals surface area contributed by atoms with Crippen molar-refractivity contribution in [1.82, 2.24) is 10.2 Å². The van der Waals surface area contributed by atoms with Crippen molar-refractivity contribution in [2.24, 2.45) is 0 Å². The number of nitrogen functional groups attached to an aromatic ring is 1. The number of benzene rings is 1. The zero-order chi connectivity index (χ0) is 11.7. The Kier molecular flexibility index (Phi) is 3.04. The molecule has 0 fully saturated rings. The Morgan fingerprint density at radius 2 is 2.19 bits per heavy atom. The van der Waals surface area contributed by atoms with Gasteiger partial charge in [-0.2, -0.15) is 5.10 Å². The highest BCUT2D eigenvalue weighted by Gasteiger charge is 2.12. The number of ether oxygens (including phenoxy) is 1. The first-order valence-electron chi connectivity index (χ1n) is 4.78. The van der Waals surface area contributed by atoms with Gasteiger partial charge in [-0.25, -0.2) is 0 Å². The molecule has 1 aromatic heterocycles. The number of aromatic nitrogens is 2. The van der Waals surface area contributed by atoms with Gasteiger partial charge in [0.2, 0.25) is 0 Å². The fourth-order valence-corrected chi connectivity index (χ4v) is 2.10. The number of aromatic amines is 1. The molecule has 0 saturated heterocycles. The summed E-state index contributed by atoms with van der Waals surface area (Å²) in [4.78, 5) is 0. The van der Waals surface area contributed by atoms with Crippen LogP contribution in [0.5, 0.6) is 5.75 Å². The molecule has 3 N–H and O–H groups in total. The van der Waals surface area contributed by atoms with Crippen LogP contribution in [0.4, 0.5) is 5.82 Å². The number of methoxy groups -OCH3 is 1. The van der Waals surface area contributed by atoms with Gasteiger partial charge in [-0.15, -0.1) is 0 Å². The maximum absolute atomic E-state index is 5.71. The van der Waals surface area contributed by atoms with E-state index in [9.17, 15) is 0 Å². The molecule has 0 unspecified atom stereocenters. The molecule has 0 bridgehead atoms. The monoisotopic (exact) mass is 329 g/mol. The first-order chi connectivity index (χ1) is 7.63. The van der Waals surface area contributed by atoms with Crippen LogP contribution in [0, 0.1) is 10.5 Å². The van der Waals surface area contributed by atoms with Gasteiger partial charge < -0.3 is 10.5 Å². The van der Waals surface area contributed by atoms with Crippen LogP contribution in [0.3, 0.4) is 0 Å². The average Bonchev–Trinajstić information content (AvgIpc) is 2.60. The first-order valence-corrected chi connectivity index (χ1v) is 5.85. The molecular weight excluding hydrogens is 317 g/mol. The van der Waals surface area contributed by atoms with Crippen molar-refractivity contribution in [3.05, 3.63) is 27.3 Å². The van der Waals surface area contributed by atoms with Crippen LogP contribution >= 0.6 is 22.6 Å². The predicted molar refractivity (Wildman–Crippen MR) is 72.4 cm³/mol. The Morgan fingerprint density at radius 1 is 1.44 bits per heavy atom. The molecule has 0 saturated carbocycles. The Morgan fingerprint density at radius 3 is 2.69 bits per heavy atom. The third kappa shape index (κ3) is 1.87. The van der Waals surface area contributed by atoms with Crippen molar-refractivity contribution in [2.45, 2.75) is 6.92 Å². The number of nitrogens with two attached hydrogens (primary N) is 1. The Hall–Kier alpha value is -1.24. The topological polar surface area (TPSA) is 63.9 Å². The molecular formula is C11H12IN3O. The number of hydrogen-bond acceptors (Lipinski definition) is 3. The van der Waals surface area contributed by atoms with Crippen LogP contribution < -0.4 is 10.5 Å². The van der Waals surface area contributed by atoms with Crippen LogP contribution in [-0.2, 0) is 0 Å². The van der Waals surface area contributed by atoms with E-state index in [1.165, 1.54) is 0 Å². The van der Waals surface area contributed by atoms with Gasteiger partial charge in [-0.3, -0.25) is 5.10 Å². The first kappa shape index (κ1) is 11.3. The number of rotatable bonds is 2. The summed E-state index contributed by atoms with van der Waals surface area (Å²) in [5.74, 6) is 1.38. The second kappa shape index (κ2) is 4.32. The number of anilines is 1. The van der Waals surface area contributed by atoms with Crippen LogP contribution in [0.1, 0.15) is 5.56 Å². The van der Waals surface area contributed by atoms with Crippen molar-refractivity contribution in [1.29, 1.82) is 0 Å². The Bertz CT molecular complexity index is 522. The Balaban J connectivity index is 2.52. The summed E-state index contributed by atoms with van der Waals surface area (Å²) in [5, 5.41) is 6.94. The van der Waals surface area contributed by atoms with Crippen LogP contribution in [0.25, 0.3) is 11.3 Å². The molecule has 2 aromatic rings. The molecule has 2 rings (SSSR count). The normalized spacial score (nSPS) is 10.4. The number of H-pyrrole nitrogens is 1. The van der Waals surface area contributed by atoms with E-state index >= 15 is 0 Å². The summed E-state index contributed by atoms with van der Waals surface area (Å²) < 4.78 is 6.12. The van der Waals surface area contributed by atoms with E-state index < -0.39 is 0 Å². The fraction of sp³-hybridized carbons (Fsp3) is 0.182. The van der Waals surface area contributed by atoms with Crippen molar-refractivity contribution >= 4 is 28.4 Å². The molecule has 0 aliphatic heterocycles. The lowest BCUT2D eigenvalue weighted by Crippen LogP contribution is -1.89. The molecule has 16 heavy (non-hydrogen) atoms. The number of nitrogens with zero attached hydrogens (tertiary/aromatic N) is 1. The quantitative estimate of drug-likeness (QED) is 0.833. The lowest BCUT2D eigenvalue weighted by Gasteiger charge is -2.06. The molecule has 0 atom stereocenters. The zero-order valence-electron chi connectivity index (χ0n) is 9.04. The van der Waals surface area contributed by atoms with E-state index in [1.807, 2.05) is 25.1 Å². The van der Waals surface area contributed by atoms with Crippen LogP contribution in [0.15, 0.2) is 18.2 Å². The van der Waals surface area contributed by atoms with Gasteiger partial charge in [0, 0.05) is 5.56 Å². The summed E-state index contributed by atoms with van der Waals surface area (Å²) >= 11 is 2.19. The lowest BCUT2D eigenvalue weighted by atomic mass is 10.1. The third-order valence-corrected chi connectivity index (χ3v) is 3.53. The van der Waals surface area contributed by atoms with E-state index in [0.29, 0.717) is 5.82 Å². The highest BCUT2D eigenvalue weighted by atomic mass is 127. The van der Waals surface area contributed by atoms with Gasteiger partial charge in [0.15, 0.2) is 5.82 Å². The summed E-state index contributed by atoms with van der Waals surface area (Å²) in [5.41, 5.74) is 8.88. The van der Waals surface area contributed by atoms with Crippen molar-refractivity contribution < 1.29 is 4.74 Å². The minimum Gasteiger partial charge on any atom is -0.497 e. The van der Waals surface area contributed by atoms with Gasteiger partial charge in [-0.05, 0) is 53.3 Å². The van der Waals surface area contributed by atoms with E-state index in [1.54, 1.807) is 7.11 Å². The summed E-state index contributed by atoms with van der Waals surface area (Å²) in [6.45, 7) is 2.03. The van der Waals surface area contributed by atoms with Crippen LogP contribution in [-0.4, -0.2) is 17.3 Å². The fourth-order valence-electron chi connectivity index (χ4n) is 1.56. The second-order valence-electron chi connectivity index (χ2n) is 3.48. The smallest absolute Gasteiger partial charge is 0.159 e. The summed E-state index contributed by atoms with van der Waals surface area (Å²) in [7, 11) is 1.66. The molecule has 0 radical (unpaired) electrons. The van der Waals surface area contributed by atoms with E-state index in [-0.39, 0.29) is 0 Å². The van der Waals surface area contributed by atoms with E-state index in [4.69, 9.17) is 10.5 Å². The lowest BCUT2D eigenvalue weighted by molar-refractivity contribution is 0.414. The van der Waals surface area contributed by atoms with E-state index in [2.05, 4.69) is 32.8 Å². The molecule has 1 heterocycles. The largest absolute Gasteiger partial charge is 0.497 e. The molecule has 84 valence electrons. The number of halogens is 1. The average molecular weight is 329 g/mol. The standard InChI is InChI=1S/C11H12IN3O/c1-6-5-7(16-2)3-4-8(6)10-9(12)11(13)15-14-10/h3-5H,1-2H3,(H3,13,14,15). The molecule has 0 aliphatic carbocycles. The number of aryl methyl sites for hydroxylation is 1. The molecule has 0 amide bonds. The second-order valence-corrected chi connectivity index (χ2v) is 4.56. The molecule has 0 aliphatic rings. The molecule has 1 aromatic carbocycles. The Labute approximate surface area is 107 Å². The van der Waals surface area contributed by atoms with Gasteiger partial charge in [0.25, 0.3) is 0 Å². The predicted octanol–water partition coefficient (Wildman–Crippen LogP) is 2.58.